The summed E-state index contributed by atoms with van der Waals surface area (Å²) in [6.45, 7) is 8.54. The van der Waals surface area contributed by atoms with Gasteiger partial charge in [0.05, 0.1) is 5.69 Å². The monoisotopic (exact) mass is 153 g/mol. The van der Waals surface area contributed by atoms with Gasteiger partial charge in [-0.15, -0.1) is 0 Å². The third-order valence-corrected chi connectivity index (χ3v) is 1.73. The molecule has 1 aromatic heterocycles. The molecule has 0 amide bonds. The largest absolute Gasteiger partial charge is 0.364 e. The average Bonchev–Trinajstić information content (AvgIpc) is 2.31. The minimum Gasteiger partial charge on any atom is -0.364 e. The lowest BCUT2D eigenvalue weighted by molar-refractivity contribution is 0.393. The maximum atomic E-state index is 4.91. The molecule has 0 aliphatic heterocycles. The second-order valence-corrected chi connectivity index (χ2v) is 3.79. The number of aryl methyl sites for hydroxylation is 1. The van der Waals surface area contributed by atoms with Crippen molar-refractivity contribution in [3.63, 3.8) is 0 Å². The summed E-state index contributed by atoms with van der Waals surface area (Å²) >= 11 is 0. The van der Waals surface area contributed by atoms with Gasteiger partial charge in [-0.2, -0.15) is 0 Å². The van der Waals surface area contributed by atoms with Gasteiger partial charge in [0.1, 0.15) is 6.26 Å². The summed E-state index contributed by atoms with van der Waals surface area (Å²) < 4.78 is 4.91. The fourth-order valence-electron chi connectivity index (χ4n) is 1.13. The van der Waals surface area contributed by atoms with Gasteiger partial charge in [-0.05, 0) is 6.42 Å². The van der Waals surface area contributed by atoms with E-state index < -0.39 is 0 Å². The summed E-state index contributed by atoms with van der Waals surface area (Å²) in [5.41, 5.74) is 2.41. The van der Waals surface area contributed by atoms with Gasteiger partial charge in [-0.1, -0.05) is 32.9 Å². The van der Waals surface area contributed by atoms with Crippen LogP contribution < -0.4 is 0 Å². The second-order valence-electron chi connectivity index (χ2n) is 3.79. The van der Waals surface area contributed by atoms with Crippen molar-refractivity contribution in [2.45, 2.75) is 39.5 Å². The van der Waals surface area contributed by atoms with Crippen LogP contribution in [0.4, 0.5) is 0 Å². The molecule has 0 radical (unpaired) electrons. The summed E-state index contributed by atoms with van der Waals surface area (Å²) in [5.74, 6) is 0. The van der Waals surface area contributed by atoms with Crippen LogP contribution >= 0.6 is 0 Å². The topological polar surface area (TPSA) is 26.0 Å². The van der Waals surface area contributed by atoms with Gasteiger partial charge in [0.15, 0.2) is 0 Å². The Hall–Kier alpha value is -0.790. The minimum atomic E-state index is 0.109. The van der Waals surface area contributed by atoms with Gasteiger partial charge in [-0.25, -0.2) is 0 Å². The van der Waals surface area contributed by atoms with Crippen LogP contribution in [0.2, 0.25) is 0 Å². The lowest BCUT2D eigenvalue weighted by Gasteiger charge is -2.15. The summed E-state index contributed by atoms with van der Waals surface area (Å²) in [7, 11) is 0. The Bertz CT molecular complexity index is 232. The smallest absolute Gasteiger partial charge is 0.127 e. The molecule has 0 saturated carbocycles. The van der Waals surface area contributed by atoms with Gasteiger partial charge in [-0.3, -0.25) is 0 Å². The van der Waals surface area contributed by atoms with Crippen LogP contribution in [0.15, 0.2) is 10.8 Å². The highest BCUT2D eigenvalue weighted by atomic mass is 16.5. The van der Waals surface area contributed by atoms with Crippen molar-refractivity contribution < 1.29 is 4.52 Å². The van der Waals surface area contributed by atoms with E-state index in [2.05, 4.69) is 32.9 Å². The van der Waals surface area contributed by atoms with E-state index in [-0.39, 0.29) is 5.41 Å². The maximum absolute atomic E-state index is 4.91. The van der Waals surface area contributed by atoms with E-state index in [1.54, 1.807) is 6.26 Å². The number of nitrogens with zero attached hydrogens (tertiary/aromatic N) is 1. The molecule has 1 aromatic rings. The first-order valence-electron chi connectivity index (χ1n) is 3.99. The third-order valence-electron chi connectivity index (χ3n) is 1.73. The summed E-state index contributed by atoms with van der Waals surface area (Å²) in [4.78, 5) is 0. The SMILES string of the molecule is CCc1conc1C(C)(C)C. The van der Waals surface area contributed by atoms with E-state index in [9.17, 15) is 0 Å². The lowest BCUT2D eigenvalue weighted by Crippen LogP contribution is -2.13. The molecule has 0 saturated heterocycles. The van der Waals surface area contributed by atoms with Crippen LogP contribution in [0, 0.1) is 0 Å². The van der Waals surface area contributed by atoms with Crippen LogP contribution in [0.1, 0.15) is 39.0 Å². The Labute approximate surface area is 67.6 Å². The molecular weight excluding hydrogens is 138 g/mol. The molecule has 0 aromatic carbocycles. The molecule has 0 spiro atoms. The maximum Gasteiger partial charge on any atom is 0.127 e. The minimum absolute atomic E-state index is 0.109. The van der Waals surface area contributed by atoms with Crippen molar-refractivity contribution in [2.24, 2.45) is 0 Å². The molecule has 11 heavy (non-hydrogen) atoms. The van der Waals surface area contributed by atoms with Gasteiger partial charge >= 0.3 is 0 Å². The van der Waals surface area contributed by atoms with Gasteiger partial charge in [0.25, 0.3) is 0 Å². The predicted molar refractivity (Wildman–Crippen MR) is 44.6 cm³/mol. The Kier molecular flexibility index (Phi) is 2.03. The highest BCUT2D eigenvalue weighted by Gasteiger charge is 2.20. The second kappa shape index (κ2) is 2.68. The average molecular weight is 153 g/mol. The normalized spacial score (nSPS) is 12.0. The lowest BCUT2D eigenvalue weighted by atomic mass is 9.89. The molecule has 0 fully saturated rings. The van der Waals surface area contributed by atoms with E-state index >= 15 is 0 Å². The van der Waals surface area contributed by atoms with Crippen LogP contribution in [0.5, 0.6) is 0 Å². The molecule has 0 N–H and O–H groups in total. The molecule has 0 unspecified atom stereocenters. The summed E-state index contributed by atoms with van der Waals surface area (Å²) in [6, 6.07) is 0. The molecule has 1 heterocycles. The summed E-state index contributed by atoms with van der Waals surface area (Å²) in [5, 5.41) is 3.98. The van der Waals surface area contributed by atoms with Crippen molar-refractivity contribution in [3.05, 3.63) is 17.5 Å². The molecule has 0 aliphatic carbocycles. The fourth-order valence-corrected chi connectivity index (χ4v) is 1.13. The zero-order chi connectivity index (χ0) is 8.48. The van der Waals surface area contributed by atoms with Crippen molar-refractivity contribution in [3.8, 4) is 0 Å². The molecule has 62 valence electrons. The van der Waals surface area contributed by atoms with E-state index in [4.69, 9.17) is 4.52 Å². The standard InChI is InChI=1S/C9H15NO/c1-5-7-6-11-10-8(7)9(2,3)4/h6H,5H2,1-4H3. The van der Waals surface area contributed by atoms with Gasteiger partial charge in [0.2, 0.25) is 0 Å². The van der Waals surface area contributed by atoms with Crippen LogP contribution in [0.25, 0.3) is 0 Å². The molecular formula is C9H15NO. The highest BCUT2D eigenvalue weighted by Crippen LogP contribution is 2.24. The quantitative estimate of drug-likeness (QED) is 0.619. The van der Waals surface area contributed by atoms with Crippen molar-refractivity contribution in [1.82, 2.24) is 5.16 Å². The summed E-state index contributed by atoms with van der Waals surface area (Å²) in [6.07, 6.45) is 2.73. The molecule has 0 atom stereocenters. The van der Waals surface area contributed by atoms with E-state index in [0.29, 0.717) is 0 Å². The molecule has 0 aliphatic rings. The number of hydrogen-bond acceptors (Lipinski definition) is 2. The van der Waals surface area contributed by atoms with Gasteiger partial charge in [0, 0.05) is 11.0 Å². The van der Waals surface area contributed by atoms with Crippen molar-refractivity contribution >= 4 is 0 Å². The van der Waals surface area contributed by atoms with Gasteiger partial charge < -0.3 is 4.52 Å². The zero-order valence-corrected chi connectivity index (χ0v) is 7.64. The molecule has 2 heteroatoms. The Morgan fingerprint density at radius 2 is 2.09 bits per heavy atom. The Morgan fingerprint density at radius 1 is 1.45 bits per heavy atom. The van der Waals surface area contributed by atoms with Crippen molar-refractivity contribution in [2.75, 3.05) is 0 Å². The van der Waals surface area contributed by atoms with Crippen molar-refractivity contribution in [1.29, 1.82) is 0 Å². The number of hydrogen-bond donors (Lipinski definition) is 0. The number of rotatable bonds is 1. The molecule has 1 rings (SSSR count). The Balaban J connectivity index is 3.02. The Morgan fingerprint density at radius 3 is 2.45 bits per heavy atom. The first kappa shape index (κ1) is 8.31. The first-order chi connectivity index (χ1) is 5.05. The first-order valence-corrected chi connectivity index (χ1v) is 3.99. The van der Waals surface area contributed by atoms with Crippen LogP contribution in [-0.4, -0.2) is 5.16 Å². The third kappa shape index (κ3) is 1.62. The molecule has 0 bridgehead atoms. The van der Waals surface area contributed by atoms with E-state index in [1.165, 1.54) is 5.56 Å². The number of aromatic nitrogens is 1. The predicted octanol–water partition coefficient (Wildman–Crippen LogP) is 2.53. The fraction of sp³-hybridized carbons (Fsp3) is 0.667. The van der Waals surface area contributed by atoms with Crippen LogP contribution in [0.3, 0.4) is 0 Å². The van der Waals surface area contributed by atoms with E-state index in [1.807, 2.05) is 0 Å². The van der Waals surface area contributed by atoms with Crippen LogP contribution in [-0.2, 0) is 11.8 Å². The zero-order valence-electron chi connectivity index (χ0n) is 7.64. The highest BCUT2D eigenvalue weighted by molar-refractivity contribution is 5.21. The molecule has 2 nitrogen and oxygen atoms in total. The van der Waals surface area contributed by atoms with E-state index in [0.717, 1.165) is 12.1 Å².